The van der Waals surface area contributed by atoms with Crippen molar-refractivity contribution >= 4 is 35.1 Å². The van der Waals surface area contributed by atoms with Crippen LogP contribution in [-0.4, -0.2) is 27.0 Å². The third-order valence-electron chi connectivity index (χ3n) is 3.88. The minimum absolute atomic E-state index is 0.106. The number of nitrogens with one attached hydrogen (secondary N) is 1. The Kier molecular flexibility index (Phi) is 6.80. The number of anilines is 1. The molecule has 142 valence electrons. The second kappa shape index (κ2) is 9.49. The fourth-order valence-electron chi connectivity index (χ4n) is 2.80. The third-order valence-corrected chi connectivity index (χ3v) is 5.78. The van der Waals surface area contributed by atoms with E-state index in [0.29, 0.717) is 5.75 Å². The molecule has 1 N–H and O–H groups in total. The first kappa shape index (κ1) is 20.1. The van der Waals surface area contributed by atoms with E-state index in [4.69, 9.17) is 5.26 Å². The van der Waals surface area contributed by atoms with Gasteiger partial charge in [-0.25, -0.2) is 4.98 Å². The van der Waals surface area contributed by atoms with Gasteiger partial charge >= 0.3 is 0 Å². The zero-order chi connectivity index (χ0) is 19.9. The van der Waals surface area contributed by atoms with Crippen LogP contribution in [-0.2, 0) is 4.79 Å². The molecule has 0 saturated carbocycles. The Morgan fingerprint density at radius 2 is 1.93 bits per heavy atom. The van der Waals surface area contributed by atoms with Crippen LogP contribution in [0.1, 0.15) is 11.1 Å². The Morgan fingerprint density at radius 1 is 1.18 bits per heavy atom. The number of nitriles is 1. The first-order chi connectivity index (χ1) is 13.6. The molecule has 0 bridgehead atoms. The third kappa shape index (κ3) is 5.18. The summed E-state index contributed by atoms with van der Waals surface area (Å²) in [6.07, 6.45) is 3.65. The van der Waals surface area contributed by atoms with Crippen LogP contribution in [0.2, 0.25) is 0 Å². The number of amides is 1. The van der Waals surface area contributed by atoms with E-state index in [1.54, 1.807) is 6.20 Å². The van der Waals surface area contributed by atoms with Gasteiger partial charge in [0.05, 0.1) is 23.3 Å². The molecule has 3 rings (SSSR count). The molecule has 0 spiro atoms. The summed E-state index contributed by atoms with van der Waals surface area (Å²) in [6, 6.07) is 15.9. The van der Waals surface area contributed by atoms with Gasteiger partial charge in [0.1, 0.15) is 0 Å². The van der Waals surface area contributed by atoms with Crippen molar-refractivity contribution in [1.29, 1.82) is 5.26 Å². The first-order valence-corrected chi connectivity index (χ1v) is 10.7. The van der Waals surface area contributed by atoms with Crippen molar-refractivity contribution in [3.05, 3.63) is 66.0 Å². The number of aryl methyl sites for hydroxylation is 2. The summed E-state index contributed by atoms with van der Waals surface area (Å²) >= 11 is 2.80. The summed E-state index contributed by atoms with van der Waals surface area (Å²) in [7, 11) is 0. The number of carbonyl (C=O) groups is 1. The number of hydrogen-bond donors (Lipinski definition) is 1. The van der Waals surface area contributed by atoms with E-state index in [-0.39, 0.29) is 11.7 Å². The SMILES string of the molecule is Cc1cc(C)cc(-n2ccnc2SCC(=O)Nc2ccccc2SCC#N)c1. The zero-order valence-corrected chi connectivity index (χ0v) is 17.3. The highest BCUT2D eigenvalue weighted by molar-refractivity contribution is 8.00. The average Bonchev–Trinajstić information content (AvgIpc) is 3.13. The van der Waals surface area contributed by atoms with E-state index in [1.807, 2.05) is 35.0 Å². The fraction of sp³-hybridized carbons (Fsp3) is 0.190. The summed E-state index contributed by atoms with van der Waals surface area (Å²) in [6.45, 7) is 4.13. The van der Waals surface area contributed by atoms with Gasteiger partial charge in [-0.2, -0.15) is 5.26 Å². The van der Waals surface area contributed by atoms with E-state index < -0.39 is 0 Å². The van der Waals surface area contributed by atoms with Crippen molar-refractivity contribution in [3.63, 3.8) is 0 Å². The van der Waals surface area contributed by atoms with Crippen LogP contribution in [0.5, 0.6) is 0 Å². The number of aromatic nitrogens is 2. The van der Waals surface area contributed by atoms with Crippen molar-refractivity contribution < 1.29 is 4.79 Å². The number of imidazole rings is 1. The highest BCUT2D eigenvalue weighted by Gasteiger charge is 2.11. The first-order valence-electron chi connectivity index (χ1n) is 8.70. The van der Waals surface area contributed by atoms with Gasteiger partial charge in [0, 0.05) is 23.0 Å². The van der Waals surface area contributed by atoms with Crippen LogP contribution in [0.4, 0.5) is 5.69 Å². The molecular formula is C21H20N4OS2. The number of nitrogens with zero attached hydrogens (tertiary/aromatic N) is 3. The Balaban J connectivity index is 1.67. The van der Waals surface area contributed by atoms with Crippen LogP contribution < -0.4 is 5.32 Å². The minimum atomic E-state index is -0.106. The highest BCUT2D eigenvalue weighted by Crippen LogP contribution is 2.27. The number of benzene rings is 2. The number of rotatable bonds is 7. The number of para-hydroxylation sites is 1. The number of carbonyl (C=O) groups excluding carboxylic acids is 1. The quantitative estimate of drug-likeness (QED) is 0.567. The van der Waals surface area contributed by atoms with Gasteiger partial charge in [0.25, 0.3) is 0 Å². The van der Waals surface area contributed by atoms with Crippen LogP contribution in [0.3, 0.4) is 0 Å². The lowest BCUT2D eigenvalue weighted by Gasteiger charge is -2.11. The molecule has 28 heavy (non-hydrogen) atoms. The lowest BCUT2D eigenvalue weighted by Crippen LogP contribution is -2.15. The summed E-state index contributed by atoms with van der Waals surface area (Å²) in [5.41, 5.74) is 4.13. The molecule has 5 nitrogen and oxygen atoms in total. The van der Waals surface area contributed by atoms with E-state index >= 15 is 0 Å². The minimum Gasteiger partial charge on any atom is -0.324 e. The molecule has 0 aliphatic heterocycles. The fourth-order valence-corrected chi connectivity index (χ4v) is 4.25. The number of thioether (sulfide) groups is 2. The molecule has 0 aliphatic carbocycles. The van der Waals surface area contributed by atoms with Crippen LogP contribution >= 0.6 is 23.5 Å². The zero-order valence-electron chi connectivity index (χ0n) is 15.7. The van der Waals surface area contributed by atoms with Gasteiger partial charge in [-0.3, -0.25) is 9.36 Å². The molecule has 0 saturated heterocycles. The standard InChI is InChI=1S/C21H20N4OS2/c1-15-11-16(2)13-17(12-15)25-9-8-23-21(25)28-14-20(26)24-18-5-3-4-6-19(18)27-10-7-22/h3-6,8-9,11-13H,10,14H2,1-2H3,(H,24,26). The molecule has 0 fully saturated rings. The molecular weight excluding hydrogens is 388 g/mol. The van der Waals surface area contributed by atoms with E-state index in [1.165, 1.54) is 34.7 Å². The lowest BCUT2D eigenvalue weighted by atomic mass is 10.1. The van der Waals surface area contributed by atoms with Gasteiger partial charge in [-0.1, -0.05) is 30.0 Å². The Bertz CT molecular complexity index is 1000. The predicted molar refractivity (Wildman–Crippen MR) is 115 cm³/mol. The summed E-state index contributed by atoms with van der Waals surface area (Å²) < 4.78 is 1.99. The molecule has 1 heterocycles. The summed E-state index contributed by atoms with van der Waals surface area (Å²) in [5.74, 6) is 0.485. The molecule has 2 aromatic carbocycles. The maximum Gasteiger partial charge on any atom is 0.234 e. The van der Waals surface area contributed by atoms with Crippen LogP contribution in [0.15, 0.2) is 64.9 Å². The summed E-state index contributed by atoms with van der Waals surface area (Å²) in [4.78, 5) is 17.7. The average molecular weight is 409 g/mol. The maximum atomic E-state index is 12.4. The molecule has 0 radical (unpaired) electrons. The Morgan fingerprint density at radius 3 is 2.68 bits per heavy atom. The van der Waals surface area contributed by atoms with Gasteiger partial charge in [-0.05, 0) is 49.2 Å². The number of hydrogen-bond acceptors (Lipinski definition) is 5. The normalized spacial score (nSPS) is 10.5. The van der Waals surface area contributed by atoms with Crippen molar-refractivity contribution in [3.8, 4) is 11.8 Å². The molecule has 0 aliphatic rings. The predicted octanol–water partition coefficient (Wildman–Crippen LogP) is 4.84. The van der Waals surface area contributed by atoms with Crippen LogP contribution in [0, 0.1) is 25.2 Å². The van der Waals surface area contributed by atoms with Crippen molar-refractivity contribution in [2.45, 2.75) is 23.9 Å². The second-order valence-corrected chi connectivity index (χ2v) is 8.17. The van der Waals surface area contributed by atoms with Crippen molar-refractivity contribution in [1.82, 2.24) is 9.55 Å². The molecule has 3 aromatic rings. The van der Waals surface area contributed by atoms with E-state index in [9.17, 15) is 4.79 Å². The summed E-state index contributed by atoms with van der Waals surface area (Å²) in [5, 5.41) is 12.5. The molecule has 1 aromatic heterocycles. The van der Waals surface area contributed by atoms with Crippen molar-refractivity contribution in [2.75, 3.05) is 16.8 Å². The molecule has 0 unspecified atom stereocenters. The molecule has 7 heteroatoms. The van der Waals surface area contributed by atoms with Crippen molar-refractivity contribution in [2.24, 2.45) is 0 Å². The largest absolute Gasteiger partial charge is 0.324 e. The maximum absolute atomic E-state index is 12.4. The Labute approximate surface area is 173 Å². The van der Waals surface area contributed by atoms with E-state index in [2.05, 4.69) is 48.4 Å². The van der Waals surface area contributed by atoms with Crippen LogP contribution in [0.25, 0.3) is 5.69 Å². The van der Waals surface area contributed by atoms with Gasteiger partial charge in [0.2, 0.25) is 5.91 Å². The van der Waals surface area contributed by atoms with Gasteiger partial charge < -0.3 is 5.32 Å². The smallest absolute Gasteiger partial charge is 0.234 e. The van der Waals surface area contributed by atoms with E-state index in [0.717, 1.165) is 21.4 Å². The Hall–Kier alpha value is -2.69. The highest BCUT2D eigenvalue weighted by atomic mass is 32.2. The molecule has 0 atom stereocenters. The van der Waals surface area contributed by atoms with Gasteiger partial charge in [-0.15, -0.1) is 11.8 Å². The topological polar surface area (TPSA) is 70.7 Å². The monoisotopic (exact) mass is 408 g/mol. The second-order valence-electron chi connectivity index (χ2n) is 6.21. The lowest BCUT2D eigenvalue weighted by molar-refractivity contribution is -0.113. The molecule has 1 amide bonds. The van der Waals surface area contributed by atoms with Gasteiger partial charge in [0.15, 0.2) is 5.16 Å².